The van der Waals surface area contributed by atoms with Crippen LogP contribution in [0.2, 0.25) is 10.0 Å². The molecule has 0 fully saturated rings. The monoisotopic (exact) mass is 438 g/mol. The Morgan fingerprint density at radius 3 is 2.67 bits per heavy atom. The number of H-pyrrole nitrogens is 1. The largest absolute Gasteiger partial charge is 0.489 e. The van der Waals surface area contributed by atoms with Crippen LogP contribution in [0.5, 0.6) is 5.75 Å². The van der Waals surface area contributed by atoms with E-state index in [0.717, 1.165) is 27.8 Å². The summed E-state index contributed by atoms with van der Waals surface area (Å²) in [6, 6.07) is 20.9. The minimum absolute atomic E-state index is 0.237. The van der Waals surface area contributed by atoms with E-state index in [-0.39, 0.29) is 5.91 Å². The molecule has 0 aliphatic carbocycles. The smallest absolute Gasteiger partial charge is 0.252 e. The first kappa shape index (κ1) is 20.3. The molecule has 3 aromatic carbocycles. The second kappa shape index (κ2) is 9.24. The van der Waals surface area contributed by atoms with Gasteiger partial charge in [0.05, 0.1) is 10.6 Å². The topological polar surface area (TPSA) is 54.1 Å². The zero-order valence-electron chi connectivity index (χ0n) is 16.1. The number of halogens is 2. The van der Waals surface area contributed by atoms with Crippen LogP contribution in [-0.4, -0.2) is 17.4 Å². The van der Waals surface area contributed by atoms with Crippen molar-refractivity contribution >= 4 is 40.0 Å². The average Bonchev–Trinajstić information content (AvgIpc) is 3.17. The van der Waals surface area contributed by atoms with Crippen molar-refractivity contribution < 1.29 is 9.53 Å². The Morgan fingerprint density at radius 2 is 1.83 bits per heavy atom. The molecule has 0 aliphatic heterocycles. The molecule has 4 rings (SSSR count). The van der Waals surface area contributed by atoms with E-state index in [0.29, 0.717) is 35.2 Å². The molecule has 4 aromatic rings. The van der Waals surface area contributed by atoms with Crippen LogP contribution in [0.1, 0.15) is 21.5 Å². The molecule has 0 spiro atoms. The molecule has 1 amide bonds. The highest BCUT2D eigenvalue weighted by molar-refractivity contribution is 6.35. The van der Waals surface area contributed by atoms with Gasteiger partial charge < -0.3 is 15.0 Å². The van der Waals surface area contributed by atoms with E-state index in [4.69, 9.17) is 27.9 Å². The van der Waals surface area contributed by atoms with Crippen LogP contribution in [0.15, 0.2) is 72.9 Å². The van der Waals surface area contributed by atoms with E-state index in [1.807, 2.05) is 54.7 Å². The minimum Gasteiger partial charge on any atom is -0.489 e. The number of benzene rings is 3. The standard InChI is InChI=1S/C24H20Cl2N2O2/c25-18-6-9-22(26)21(12-18)24(29)27-11-10-17-14-28-23-13-19(7-8-20(17)23)30-15-16-4-2-1-3-5-16/h1-9,12-14,28H,10-11,15H2,(H,27,29). The fraction of sp³-hybridized carbons (Fsp3) is 0.125. The van der Waals surface area contributed by atoms with E-state index >= 15 is 0 Å². The van der Waals surface area contributed by atoms with E-state index < -0.39 is 0 Å². The second-order valence-corrected chi connectivity index (χ2v) is 7.77. The number of nitrogens with one attached hydrogen (secondary N) is 2. The maximum Gasteiger partial charge on any atom is 0.252 e. The summed E-state index contributed by atoms with van der Waals surface area (Å²) >= 11 is 12.0. The molecule has 2 N–H and O–H groups in total. The number of carbonyl (C=O) groups is 1. The van der Waals surface area contributed by atoms with Crippen LogP contribution in [0.3, 0.4) is 0 Å². The Labute approximate surface area is 184 Å². The van der Waals surface area contributed by atoms with E-state index in [1.54, 1.807) is 18.2 Å². The van der Waals surface area contributed by atoms with Gasteiger partial charge in [0.25, 0.3) is 5.91 Å². The summed E-state index contributed by atoms with van der Waals surface area (Å²) in [4.78, 5) is 15.6. The fourth-order valence-corrected chi connectivity index (χ4v) is 3.66. The van der Waals surface area contributed by atoms with Gasteiger partial charge in [0.1, 0.15) is 12.4 Å². The first-order valence-electron chi connectivity index (χ1n) is 9.60. The van der Waals surface area contributed by atoms with Gasteiger partial charge in [-0.25, -0.2) is 0 Å². The highest BCUT2D eigenvalue weighted by Crippen LogP contribution is 2.24. The number of aromatic amines is 1. The van der Waals surface area contributed by atoms with Crippen molar-refractivity contribution in [3.63, 3.8) is 0 Å². The molecular formula is C24H20Cl2N2O2. The fourth-order valence-electron chi connectivity index (χ4n) is 3.28. The number of hydrogen-bond acceptors (Lipinski definition) is 2. The third kappa shape index (κ3) is 4.78. The van der Waals surface area contributed by atoms with Crippen molar-refractivity contribution in [1.29, 1.82) is 0 Å². The first-order chi connectivity index (χ1) is 14.6. The van der Waals surface area contributed by atoms with Crippen molar-refractivity contribution in [2.24, 2.45) is 0 Å². The van der Waals surface area contributed by atoms with Crippen molar-refractivity contribution in [3.8, 4) is 5.75 Å². The van der Waals surface area contributed by atoms with Crippen LogP contribution in [0.25, 0.3) is 10.9 Å². The molecule has 0 bridgehead atoms. The summed E-state index contributed by atoms with van der Waals surface area (Å²) in [5.74, 6) is 0.572. The molecule has 0 saturated carbocycles. The second-order valence-electron chi connectivity index (χ2n) is 6.93. The summed E-state index contributed by atoms with van der Waals surface area (Å²) in [7, 11) is 0. The molecule has 0 radical (unpaired) electrons. The van der Waals surface area contributed by atoms with Crippen LogP contribution >= 0.6 is 23.2 Å². The van der Waals surface area contributed by atoms with E-state index in [9.17, 15) is 4.79 Å². The van der Waals surface area contributed by atoms with Gasteiger partial charge in [-0.05, 0) is 47.9 Å². The van der Waals surface area contributed by atoms with Crippen LogP contribution in [-0.2, 0) is 13.0 Å². The normalized spacial score (nSPS) is 10.9. The van der Waals surface area contributed by atoms with Gasteiger partial charge in [0.2, 0.25) is 0 Å². The van der Waals surface area contributed by atoms with Crippen molar-refractivity contribution in [3.05, 3.63) is 99.7 Å². The van der Waals surface area contributed by atoms with Gasteiger partial charge in [-0.1, -0.05) is 53.5 Å². The van der Waals surface area contributed by atoms with Gasteiger partial charge in [-0.2, -0.15) is 0 Å². The first-order valence-corrected chi connectivity index (χ1v) is 10.4. The third-order valence-corrected chi connectivity index (χ3v) is 5.40. The Balaban J connectivity index is 1.37. The maximum absolute atomic E-state index is 12.4. The summed E-state index contributed by atoms with van der Waals surface area (Å²) < 4.78 is 5.89. The number of hydrogen-bond donors (Lipinski definition) is 2. The maximum atomic E-state index is 12.4. The molecular weight excluding hydrogens is 419 g/mol. The molecule has 0 aliphatic rings. The number of amides is 1. The Kier molecular flexibility index (Phi) is 6.26. The van der Waals surface area contributed by atoms with Crippen molar-refractivity contribution in [2.75, 3.05) is 6.54 Å². The molecule has 30 heavy (non-hydrogen) atoms. The average molecular weight is 439 g/mol. The number of fused-ring (bicyclic) bond motifs is 1. The molecule has 4 nitrogen and oxygen atoms in total. The van der Waals surface area contributed by atoms with Crippen molar-refractivity contribution in [2.45, 2.75) is 13.0 Å². The quantitative estimate of drug-likeness (QED) is 0.370. The van der Waals surface area contributed by atoms with Crippen LogP contribution in [0, 0.1) is 0 Å². The van der Waals surface area contributed by atoms with Crippen LogP contribution in [0.4, 0.5) is 0 Å². The summed E-state index contributed by atoms with van der Waals surface area (Å²) in [6.45, 7) is 1.01. The lowest BCUT2D eigenvalue weighted by Crippen LogP contribution is -2.25. The lowest BCUT2D eigenvalue weighted by Gasteiger charge is -2.08. The highest BCUT2D eigenvalue weighted by Gasteiger charge is 2.11. The zero-order chi connectivity index (χ0) is 20.9. The van der Waals surface area contributed by atoms with Crippen LogP contribution < -0.4 is 10.1 Å². The molecule has 0 unspecified atom stereocenters. The van der Waals surface area contributed by atoms with Gasteiger partial charge in [-0.15, -0.1) is 0 Å². The number of aromatic nitrogens is 1. The molecule has 152 valence electrons. The highest BCUT2D eigenvalue weighted by atomic mass is 35.5. The SMILES string of the molecule is O=C(NCCc1c[nH]c2cc(OCc3ccccc3)ccc12)c1cc(Cl)ccc1Cl. The van der Waals surface area contributed by atoms with Gasteiger partial charge in [0.15, 0.2) is 0 Å². The predicted molar refractivity (Wildman–Crippen MR) is 122 cm³/mol. The third-order valence-electron chi connectivity index (χ3n) is 4.84. The summed E-state index contributed by atoms with van der Waals surface area (Å²) in [5, 5.41) is 4.87. The lowest BCUT2D eigenvalue weighted by molar-refractivity contribution is 0.0954. The number of ether oxygens (including phenoxy) is 1. The summed E-state index contributed by atoms with van der Waals surface area (Å²) in [5.41, 5.74) is 3.63. The summed E-state index contributed by atoms with van der Waals surface area (Å²) in [6.07, 6.45) is 2.65. The lowest BCUT2D eigenvalue weighted by atomic mass is 10.1. The minimum atomic E-state index is -0.237. The number of carbonyl (C=O) groups excluding carboxylic acids is 1. The Bertz CT molecular complexity index is 1170. The molecule has 0 atom stereocenters. The van der Waals surface area contributed by atoms with E-state index in [1.165, 1.54) is 0 Å². The number of rotatable bonds is 7. The van der Waals surface area contributed by atoms with Gasteiger partial charge >= 0.3 is 0 Å². The zero-order valence-corrected chi connectivity index (χ0v) is 17.6. The van der Waals surface area contributed by atoms with Crippen molar-refractivity contribution in [1.82, 2.24) is 10.3 Å². The molecule has 6 heteroatoms. The molecule has 1 aromatic heterocycles. The van der Waals surface area contributed by atoms with E-state index in [2.05, 4.69) is 10.3 Å². The van der Waals surface area contributed by atoms with Gasteiger partial charge in [-0.3, -0.25) is 4.79 Å². The predicted octanol–water partition coefficient (Wildman–Crippen LogP) is 6.03. The molecule has 1 heterocycles. The Hall–Kier alpha value is -2.95. The molecule has 0 saturated heterocycles. The van der Waals surface area contributed by atoms with Gasteiger partial charge in [0, 0.05) is 34.7 Å². The Morgan fingerprint density at radius 1 is 1.00 bits per heavy atom.